The van der Waals surface area contributed by atoms with Crippen LogP contribution >= 0.6 is 0 Å². The van der Waals surface area contributed by atoms with Gasteiger partial charge in [-0.3, -0.25) is 9.69 Å². The van der Waals surface area contributed by atoms with Gasteiger partial charge in [0, 0.05) is 18.3 Å². The monoisotopic (exact) mass is 235 g/mol. The van der Waals surface area contributed by atoms with Crippen molar-refractivity contribution in [2.75, 3.05) is 25.9 Å². The van der Waals surface area contributed by atoms with E-state index in [1.54, 1.807) is 0 Å². The van der Waals surface area contributed by atoms with E-state index in [1.807, 2.05) is 43.1 Å². The predicted octanol–water partition coefficient (Wildman–Crippen LogP) is 1.40. The number of amides is 1. The van der Waals surface area contributed by atoms with E-state index in [0.29, 0.717) is 13.1 Å². The fraction of sp³-hybridized carbons (Fsp3) is 0.462. The molecule has 0 aliphatic heterocycles. The number of anilines is 1. The Labute approximate surface area is 103 Å². The number of hydrogen-bond acceptors (Lipinski definition) is 3. The molecule has 0 heterocycles. The van der Waals surface area contributed by atoms with Gasteiger partial charge in [0.2, 0.25) is 5.91 Å². The molecule has 4 heteroatoms. The molecule has 1 aromatic rings. The molecule has 3 N–H and O–H groups in total. The Hall–Kier alpha value is -1.55. The lowest BCUT2D eigenvalue weighted by Gasteiger charge is -2.24. The van der Waals surface area contributed by atoms with Crippen LogP contribution in [0.2, 0.25) is 0 Å². The first kappa shape index (κ1) is 13.5. The van der Waals surface area contributed by atoms with Crippen molar-refractivity contribution in [2.24, 2.45) is 0 Å². The van der Waals surface area contributed by atoms with Crippen LogP contribution in [0.4, 0.5) is 5.69 Å². The zero-order valence-electron chi connectivity index (χ0n) is 10.7. The molecule has 0 saturated carbocycles. The van der Waals surface area contributed by atoms with Gasteiger partial charge in [0.25, 0.3) is 0 Å². The van der Waals surface area contributed by atoms with Gasteiger partial charge in [0.15, 0.2) is 0 Å². The maximum Gasteiger partial charge on any atom is 0.234 e. The van der Waals surface area contributed by atoms with Crippen LogP contribution in [0, 0.1) is 0 Å². The van der Waals surface area contributed by atoms with Crippen LogP contribution in [0.3, 0.4) is 0 Å². The number of carbonyl (C=O) groups excluding carboxylic acids is 1. The molecule has 0 aromatic heterocycles. The number of nitrogens with zero attached hydrogens (tertiary/aromatic N) is 1. The molecular formula is C13H21N3O. The maximum absolute atomic E-state index is 11.5. The number of likely N-dealkylation sites (N-methyl/N-ethyl adjacent to an activating group) is 2. The van der Waals surface area contributed by atoms with E-state index >= 15 is 0 Å². The summed E-state index contributed by atoms with van der Waals surface area (Å²) in [4.78, 5) is 13.5. The third-order valence-corrected chi connectivity index (χ3v) is 2.85. The van der Waals surface area contributed by atoms with Gasteiger partial charge in [-0.2, -0.15) is 0 Å². The van der Waals surface area contributed by atoms with Crippen LogP contribution in [0.1, 0.15) is 25.5 Å². The van der Waals surface area contributed by atoms with E-state index in [1.165, 1.54) is 0 Å². The lowest BCUT2D eigenvalue weighted by molar-refractivity contribution is -0.122. The molecule has 4 nitrogen and oxygen atoms in total. The molecule has 1 unspecified atom stereocenters. The molecule has 0 saturated heterocycles. The Morgan fingerprint density at radius 2 is 2.00 bits per heavy atom. The highest BCUT2D eigenvalue weighted by atomic mass is 16.2. The fourth-order valence-electron chi connectivity index (χ4n) is 1.65. The first-order valence-corrected chi connectivity index (χ1v) is 5.87. The number of carbonyl (C=O) groups is 1. The van der Waals surface area contributed by atoms with Gasteiger partial charge in [-0.15, -0.1) is 0 Å². The number of nitrogens with two attached hydrogens (primary N) is 1. The number of nitrogens with one attached hydrogen (secondary N) is 1. The SMILES string of the molecule is CCNC(=O)CN(C)C(C)c1ccc(N)cc1. The summed E-state index contributed by atoms with van der Waals surface area (Å²) in [5, 5.41) is 2.79. The van der Waals surface area contributed by atoms with Crippen LogP contribution < -0.4 is 11.1 Å². The highest BCUT2D eigenvalue weighted by Crippen LogP contribution is 2.19. The fourth-order valence-corrected chi connectivity index (χ4v) is 1.65. The molecule has 17 heavy (non-hydrogen) atoms. The summed E-state index contributed by atoms with van der Waals surface area (Å²) in [5.41, 5.74) is 7.56. The minimum absolute atomic E-state index is 0.0531. The predicted molar refractivity (Wildman–Crippen MR) is 70.6 cm³/mol. The van der Waals surface area contributed by atoms with Gasteiger partial charge in [0.1, 0.15) is 0 Å². The second-order valence-electron chi connectivity index (χ2n) is 4.21. The Morgan fingerprint density at radius 3 is 2.53 bits per heavy atom. The molecule has 0 radical (unpaired) electrons. The first-order valence-electron chi connectivity index (χ1n) is 5.87. The number of benzene rings is 1. The number of rotatable bonds is 5. The molecule has 0 bridgehead atoms. The van der Waals surface area contributed by atoms with Crippen molar-refractivity contribution in [3.63, 3.8) is 0 Å². The third kappa shape index (κ3) is 4.07. The van der Waals surface area contributed by atoms with E-state index in [0.717, 1.165) is 11.3 Å². The van der Waals surface area contributed by atoms with E-state index in [4.69, 9.17) is 5.73 Å². The van der Waals surface area contributed by atoms with Crippen molar-refractivity contribution in [3.8, 4) is 0 Å². The van der Waals surface area contributed by atoms with Crippen molar-refractivity contribution in [2.45, 2.75) is 19.9 Å². The molecule has 1 rings (SSSR count). The minimum Gasteiger partial charge on any atom is -0.399 e. The smallest absolute Gasteiger partial charge is 0.234 e. The third-order valence-electron chi connectivity index (χ3n) is 2.85. The zero-order chi connectivity index (χ0) is 12.8. The van der Waals surface area contributed by atoms with Crippen molar-refractivity contribution >= 4 is 11.6 Å². The van der Waals surface area contributed by atoms with Crippen LogP contribution in [-0.4, -0.2) is 30.9 Å². The highest BCUT2D eigenvalue weighted by Gasteiger charge is 2.14. The normalized spacial score (nSPS) is 12.5. The standard InChI is InChI=1S/C13H21N3O/c1-4-15-13(17)9-16(3)10(2)11-5-7-12(14)8-6-11/h5-8,10H,4,9,14H2,1-3H3,(H,15,17). The second-order valence-corrected chi connectivity index (χ2v) is 4.21. The molecule has 1 aromatic carbocycles. The summed E-state index contributed by atoms with van der Waals surface area (Å²) >= 11 is 0. The Kier molecular flexibility index (Phi) is 4.97. The molecule has 1 amide bonds. The van der Waals surface area contributed by atoms with Gasteiger partial charge in [-0.25, -0.2) is 0 Å². The lowest BCUT2D eigenvalue weighted by Crippen LogP contribution is -2.36. The minimum atomic E-state index is 0.0531. The summed E-state index contributed by atoms with van der Waals surface area (Å²) in [5.74, 6) is 0.0531. The summed E-state index contributed by atoms with van der Waals surface area (Å²) in [6.07, 6.45) is 0. The largest absolute Gasteiger partial charge is 0.399 e. The zero-order valence-corrected chi connectivity index (χ0v) is 10.7. The molecule has 0 fully saturated rings. The van der Waals surface area contributed by atoms with Gasteiger partial charge < -0.3 is 11.1 Å². The summed E-state index contributed by atoms with van der Waals surface area (Å²) in [6, 6.07) is 7.94. The first-order chi connectivity index (χ1) is 8.04. The Bertz CT molecular complexity index is 361. The molecule has 0 spiro atoms. The van der Waals surface area contributed by atoms with Crippen LogP contribution in [-0.2, 0) is 4.79 Å². The molecule has 0 aliphatic rings. The summed E-state index contributed by atoms with van der Waals surface area (Å²) in [6.45, 7) is 5.06. The van der Waals surface area contributed by atoms with E-state index in [-0.39, 0.29) is 11.9 Å². The maximum atomic E-state index is 11.5. The average Bonchev–Trinajstić information content (AvgIpc) is 2.29. The van der Waals surface area contributed by atoms with Gasteiger partial charge in [0.05, 0.1) is 6.54 Å². The molecule has 94 valence electrons. The summed E-state index contributed by atoms with van der Waals surface area (Å²) in [7, 11) is 1.94. The van der Waals surface area contributed by atoms with E-state index in [9.17, 15) is 4.79 Å². The van der Waals surface area contributed by atoms with Crippen molar-refractivity contribution < 1.29 is 4.79 Å². The molecule has 0 aliphatic carbocycles. The topological polar surface area (TPSA) is 58.4 Å². The molecule has 1 atom stereocenters. The van der Waals surface area contributed by atoms with Crippen LogP contribution in [0.25, 0.3) is 0 Å². The average molecular weight is 235 g/mol. The Morgan fingerprint density at radius 1 is 1.41 bits per heavy atom. The van der Waals surface area contributed by atoms with E-state index in [2.05, 4.69) is 12.2 Å². The van der Waals surface area contributed by atoms with Crippen LogP contribution in [0.5, 0.6) is 0 Å². The van der Waals surface area contributed by atoms with Crippen molar-refractivity contribution in [1.82, 2.24) is 10.2 Å². The van der Waals surface area contributed by atoms with Gasteiger partial charge in [-0.1, -0.05) is 12.1 Å². The second kappa shape index (κ2) is 6.25. The number of nitrogen functional groups attached to an aromatic ring is 1. The highest BCUT2D eigenvalue weighted by molar-refractivity contribution is 5.77. The lowest BCUT2D eigenvalue weighted by atomic mass is 10.1. The summed E-state index contributed by atoms with van der Waals surface area (Å²) < 4.78 is 0. The van der Waals surface area contributed by atoms with Gasteiger partial charge in [-0.05, 0) is 38.6 Å². The van der Waals surface area contributed by atoms with Crippen molar-refractivity contribution in [3.05, 3.63) is 29.8 Å². The van der Waals surface area contributed by atoms with Crippen LogP contribution in [0.15, 0.2) is 24.3 Å². The van der Waals surface area contributed by atoms with E-state index < -0.39 is 0 Å². The number of hydrogen-bond donors (Lipinski definition) is 2. The van der Waals surface area contributed by atoms with Crippen molar-refractivity contribution in [1.29, 1.82) is 0 Å². The quantitative estimate of drug-likeness (QED) is 0.758. The van der Waals surface area contributed by atoms with Gasteiger partial charge >= 0.3 is 0 Å². The molecular weight excluding hydrogens is 214 g/mol. The Balaban J connectivity index is 2.60.